The minimum absolute atomic E-state index is 0.179. The molecule has 1 saturated heterocycles. The van der Waals surface area contributed by atoms with E-state index in [4.69, 9.17) is 11.1 Å². The maximum absolute atomic E-state index is 13.8. The van der Waals surface area contributed by atoms with Crippen LogP contribution in [0, 0.1) is 11.3 Å². The first-order valence-corrected chi connectivity index (χ1v) is 13.5. The Labute approximate surface area is 234 Å². The van der Waals surface area contributed by atoms with Crippen LogP contribution in [0.5, 0.6) is 0 Å². The summed E-state index contributed by atoms with van der Waals surface area (Å²) in [6.45, 7) is 5.19. The molecule has 0 aromatic heterocycles. The fraction of sp³-hybridized carbons (Fsp3) is 0.556. The van der Waals surface area contributed by atoms with Crippen molar-refractivity contribution in [3.05, 3.63) is 35.9 Å². The first-order chi connectivity index (χ1) is 18.9. The summed E-state index contributed by atoms with van der Waals surface area (Å²) in [4.78, 5) is 67.4. The molecule has 4 unspecified atom stereocenters. The summed E-state index contributed by atoms with van der Waals surface area (Å²) >= 11 is 0. The summed E-state index contributed by atoms with van der Waals surface area (Å²) < 4.78 is 0. The quantitative estimate of drug-likeness (QED) is 0.120. The minimum Gasteiger partial charge on any atom is -0.370 e. The zero-order valence-electron chi connectivity index (χ0n) is 23.6. The number of hydrogen-bond donors (Lipinski definition) is 7. The van der Waals surface area contributed by atoms with E-state index in [0.717, 1.165) is 5.56 Å². The van der Waals surface area contributed by atoms with E-state index in [1.807, 2.05) is 30.3 Å². The third-order valence-electron chi connectivity index (χ3n) is 6.66. The summed E-state index contributed by atoms with van der Waals surface area (Å²) in [7, 11) is 1.50. The molecule has 40 heavy (non-hydrogen) atoms. The van der Waals surface area contributed by atoms with Crippen LogP contribution in [-0.4, -0.2) is 84.7 Å². The monoisotopic (exact) mass is 558 g/mol. The van der Waals surface area contributed by atoms with Gasteiger partial charge < -0.3 is 37.2 Å². The Morgan fingerprint density at radius 2 is 1.65 bits per heavy atom. The van der Waals surface area contributed by atoms with E-state index < -0.39 is 60.2 Å². The minimum atomic E-state index is -1.01. The van der Waals surface area contributed by atoms with Gasteiger partial charge in [0.15, 0.2) is 5.96 Å². The average Bonchev–Trinajstić information content (AvgIpc) is 2.90. The third kappa shape index (κ3) is 9.54. The second-order valence-corrected chi connectivity index (χ2v) is 10.2. The summed E-state index contributed by atoms with van der Waals surface area (Å²) in [6.07, 6.45) is 1.02. The van der Waals surface area contributed by atoms with E-state index in [9.17, 15) is 24.0 Å². The zero-order valence-corrected chi connectivity index (χ0v) is 23.6. The molecule has 13 nitrogen and oxygen atoms in total. The van der Waals surface area contributed by atoms with Gasteiger partial charge in [-0.1, -0.05) is 51.1 Å². The number of benzene rings is 1. The number of amides is 5. The second kappa shape index (κ2) is 15.4. The maximum atomic E-state index is 13.8. The molecule has 0 saturated carbocycles. The molecule has 0 bridgehead atoms. The molecule has 4 atom stereocenters. The first kappa shape index (κ1) is 32.1. The molecule has 13 heteroatoms. The van der Waals surface area contributed by atoms with E-state index in [2.05, 4.69) is 26.6 Å². The predicted molar refractivity (Wildman–Crippen MR) is 150 cm³/mol. The van der Waals surface area contributed by atoms with Crippen molar-refractivity contribution in [3.63, 3.8) is 0 Å². The number of carbonyl (C=O) groups is 5. The van der Waals surface area contributed by atoms with Gasteiger partial charge in [-0.2, -0.15) is 0 Å². The van der Waals surface area contributed by atoms with Crippen molar-refractivity contribution in [3.8, 4) is 0 Å². The van der Waals surface area contributed by atoms with Crippen molar-refractivity contribution in [1.82, 2.24) is 31.5 Å². The van der Waals surface area contributed by atoms with Gasteiger partial charge in [0, 0.05) is 20.0 Å². The van der Waals surface area contributed by atoms with Crippen molar-refractivity contribution < 1.29 is 24.0 Å². The lowest BCUT2D eigenvalue weighted by atomic mass is 9.98. The number of carbonyl (C=O) groups excluding carboxylic acids is 5. The van der Waals surface area contributed by atoms with Crippen LogP contribution >= 0.6 is 0 Å². The highest BCUT2D eigenvalue weighted by atomic mass is 16.2. The fourth-order valence-electron chi connectivity index (χ4n) is 4.58. The van der Waals surface area contributed by atoms with Crippen molar-refractivity contribution in [2.75, 3.05) is 20.1 Å². The molecule has 1 aliphatic heterocycles. The van der Waals surface area contributed by atoms with Crippen molar-refractivity contribution >= 4 is 35.5 Å². The van der Waals surface area contributed by atoms with Gasteiger partial charge in [0.2, 0.25) is 29.5 Å². The number of hydrogen-bond acceptors (Lipinski definition) is 6. The topological polar surface area (TPSA) is 199 Å². The normalized spacial score (nSPS) is 23.3. The first-order valence-electron chi connectivity index (χ1n) is 13.5. The van der Waals surface area contributed by atoms with E-state index in [1.165, 1.54) is 11.9 Å². The molecule has 1 fully saturated rings. The Hall–Kier alpha value is -4.16. The Morgan fingerprint density at radius 3 is 2.25 bits per heavy atom. The van der Waals surface area contributed by atoms with Crippen LogP contribution in [0.1, 0.15) is 45.6 Å². The molecule has 220 valence electrons. The van der Waals surface area contributed by atoms with Crippen LogP contribution in [0.2, 0.25) is 0 Å². The lowest BCUT2D eigenvalue weighted by molar-refractivity contribution is -0.144. The predicted octanol–water partition coefficient (Wildman–Crippen LogP) is -1.03. The van der Waals surface area contributed by atoms with Gasteiger partial charge in [-0.25, -0.2) is 0 Å². The number of nitrogens with zero attached hydrogens (tertiary/aromatic N) is 1. The smallest absolute Gasteiger partial charge is 0.245 e. The molecule has 1 aromatic rings. The highest BCUT2D eigenvalue weighted by Gasteiger charge is 2.36. The van der Waals surface area contributed by atoms with Crippen molar-refractivity contribution in [2.24, 2.45) is 11.7 Å². The summed E-state index contributed by atoms with van der Waals surface area (Å²) in [5, 5.41) is 20.6. The third-order valence-corrected chi connectivity index (χ3v) is 6.66. The van der Waals surface area contributed by atoms with Crippen molar-refractivity contribution in [2.45, 2.75) is 70.6 Å². The standard InChI is InChI=1S/C27H42N8O5/c1-5-18-24(38)34-20(14-17-10-7-6-8-11-17)26(40)35(4)22(16(2)3)25(39)33-19(12-9-13-30-27(28)29)23(37)31-15-21(36)32-18/h6-8,10-11,16,18-20,22H,5,9,12-15H2,1-4H3,(H,31,37)(H,32,36)(H,33,39)(H,34,38)(H4,28,29,30). The highest BCUT2D eigenvalue weighted by Crippen LogP contribution is 2.15. The Morgan fingerprint density at radius 1 is 1.00 bits per heavy atom. The zero-order chi connectivity index (χ0) is 29.8. The van der Waals surface area contributed by atoms with E-state index in [0.29, 0.717) is 13.0 Å². The largest absolute Gasteiger partial charge is 0.370 e. The lowest BCUT2D eigenvalue weighted by Gasteiger charge is -2.34. The van der Waals surface area contributed by atoms with Crippen LogP contribution in [0.4, 0.5) is 0 Å². The molecular formula is C27H42N8O5. The van der Waals surface area contributed by atoms with E-state index >= 15 is 0 Å². The molecule has 5 amide bonds. The molecule has 0 radical (unpaired) electrons. The van der Waals surface area contributed by atoms with Gasteiger partial charge in [-0.3, -0.25) is 29.4 Å². The van der Waals surface area contributed by atoms with E-state index in [1.54, 1.807) is 20.8 Å². The highest BCUT2D eigenvalue weighted by molar-refractivity contribution is 5.97. The second-order valence-electron chi connectivity index (χ2n) is 10.2. The van der Waals surface area contributed by atoms with Gasteiger partial charge in [0.05, 0.1) is 6.54 Å². The molecular weight excluding hydrogens is 516 g/mol. The Balaban J connectivity index is 2.43. The molecule has 1 aromatic carbocycles. The number of nitrogens with two attached hydrogens (primary N) is 1. The molecule has 8 N–H and O–H groups in total. The van der Waals surface area contributed by atoms with E-state index in [-0.39, 0.29) is 31.1 Å². The molecule has 2 rings (SSSR count). The van der Waals surface area contributed by atoms with Gasteiger partial charge in [-0.05, 0) is 30.7 Å². The molecule has 1 heterocycles. The van der Waals surface area contributed by atoms with Crippen LogP contribution in [-0.2, 0) is 30.4 Å². The number of guanidine groups is 1. The molecule has 1 aliphatic rings. The summed E-state index contributed by atoms with van der Waals surface area (Å²) in [5.41, 5.74) is 6.13. The Kier molecular flexibility index (Phi) is 12.4. The number of rotatable bonds is 8. The van der Waals surface area contributed by atoms with Crippen LogP contribution < -0.4 is 32.3 Å². The van der Waals surface area contributed by atoms with Gasteiger partial charge >= 0.3 is 0 Å². The van der Waals surface area contributed by atoms with Crippen LogP contribution in [0.15, 0.2) is 30.3 Å². The van der Waals surface area contributed by atoms with Gasteiger partial charge in [-0.15, -0.1) is 0 Å². The lowest BCUT2D eigenvalue weighted by Crippen LogP contribution is -2.59. The van der Waals surface area contributed by atoms with Gasteiger partial charge in [0.25, 0.3) is 0 Å². The SMILES string of the molecule is CCC1NC(=O)CNC(=O)C(CCCNC(=N)N)NC(=O)C(C(C)C)N(C)C(=O)C(Cc2ccccc2)NC1=O. The van der Waals surface area contributed by atoms with Crippen molar-refractivity contribution in [1.29, 1.82) is 5.41 Å². The molecule has 0 aliphatic carbocycles. The van der Waals surface area contributed by atoms with Crippen LogP contribution in [0.3, 0.4) is 0 Å². The van der Waals surface area contributed by atoms with Crippen LogP contribution in [0.25, 0.3) is 0 Å². The maximum Gasteiger partial charge on any atom is 0.245 e. The van der Waals surface area contributed by atoms with Gasteiger partial charge in [0.1, 0.15) is 24.2 Å². The molecule has 0 spiro atoms. The fourth-order valence-corrected chi connectivity index (χ4v) is 4.58. The number of likely N-dealkylation sites (N-methyl/N-ethyl adjacent to an activating group) is 1. The summed E-state index contributed by atoms with van der Waals surface area (Å²) in [5.74, 6) is -3.27. The number of nitrogens with one attached hydrogen (secondary N) is 6. The summed E-state index contributed by atoms with van der Waals surface area (Å²) in [6, 6.07) is 5.29. The Bertz CT molecular complexity index is 1060. The average molecular weight is 559 g/mol.